The Morgan fingerprint density at radius 1 is 1.04 bits per heavy atom. The minimum absolute atomic E-state index is 0.0528. The molecule has 122 valence electrons. The van der Waals surface area contributed by atoms with Crippen molar-refractivity contribution in [2.24, 2.45) is 0 Å². The van der Waals surface area contributed by atoms with Crippen LogP contribution in [0.1, 0.15) is 15.9 Å². The van der Waals surface area contributed by atoms with Crippen molar-refractivity contribution in [2.75, 3.05) is 0 Å². The molecule has 7 heteroatoms. The molecule has 0 aliphatic rings. The van der Waals surface area contributed by atoms with Crippen molar-refractivity contribution in [3.05, 3.63) is 77.2 Å². The number of rotatable bonds is 4. The van der Waals surface area contributed by atoms with Crippen molar-refractivity contribution >= 4 is 5.91 Å². The van der Waals surface area contributed by atoms with Crippen molar-refractivity contribution in [1.82, 2.24) is 10.5 Å². The number of hydrogen-bond acceptors (Lipinski definition) is 3. The van der Waals surface area contributed by atoms with Crippen molar-refractivity contribution in [3.8, 4) is 11.3 Å². The Morgan fingerprint density at radius 2 is 1.71 bits per heavy atom. The number of amides is 1. The second-order valence-electron chi connectivity index (χ2n) is 4.97. The Morgan fingerprint density at radius 3 is 2.38 bits per heavy atom. The third-order valence-corrected chi connectivity index (χ3v) is 3.38. The fraction of sp³-hybridized carbons (Fsp3) is 0.0588. The van der Waals surface area contributed by atoms with Crippen molar-refractivity contribution < 1.29 is 22.5 Å². The van der Waals surface area contributed by atoms with E-state index in [9.17, 15) is 18.0 Å². The van der Waals surface area contributed by atoms with E-state index in [0.717, 1.165) is 12.1 Å². The summed E-state index contributed by atoms with van der Waals surface area (Å²) in [6.07, 6.45) is 1.37. The Bertz CT molecular complexity index is 856. The lowest BCUT2D eigenvalue weighted by molar-refractivity contribution is 0.0942. The summed E-state index contributed by atoms with van der Waals surface area (Å²) in [6, 6.07) is 8.69. The van der Waals surface area contributed by atoms with Crippen LogP contribution in [0.5, 0.6) is 0 Å². The minimum atomic E-state index is -0.948. The monoisotopic (exact) mass is 332 g/mol. The molecule has 3 aromatic rings. The predicted molar refractivity (Wildman–Crippen MR) is 79.4 cm³/mol. The molecule has 2 aromatic carbocycles. The molecular weight excluding hydrogens is 321 g/mol. The largest absolute Gasteiger partial charge is 0.356 e. The highest BCUT2D eigenvalue weighted by Gasteiger charge is 2.18. The molecule has 0 spiro atoms. The first-order valence-electron chi connectivity index (χ1n) is 6.98. The zero-order chi connectivity index (χ0) is 17.1. The normalized spacial score (nSPS) is 10.6. The molecule has 1 aromatic heterocycles. The van der Waals surface area contributed by atoms with E-state index in [0.29, 0.717) is 16.9 Å². The van der Waals surface area contributed by atoms with Gasteiger partial charge in [0.05, 0.1) is 6.20 Å². The van der Waals surface area contributed by atoms with Gasteiger partial charge >= 0.3 is 0 Å². The minimum Gasteiger partial charge on any atom is -0.356 e. The molecule has 3 rings (SSSR count). The highest BCUT2D eigenvalue weighted by atomic mass is 19.1. The van der Waals surface area contributed by atoms with E-state index in [1.165, 1.54) is 36.5 Å². The molecule has 4 nitrogen and oxygen atoms in total. The molecule has 1 amide bonds. The molecule has 0 bridgehead atoms. The lowest BCUT2D eigenvalue weighted by Crippen LogP contribution is -2.25. The number of halogens is 3. The van der Waals surface area contributed by atoms with Gasteiger partial charge in [0.2, 0.25) is 0 Å². The summed E-state index contributed by atoms with van der Waals surface area (Å²) in [7, 11) is 0. The van der Waals surface area contributed by atoms with Gasteiger partial charge in [-0.3, -0.25) is 4.79 Å². The maximum atomic E-state index is 13.6. The number of carbonyl (C=O) groups is 1. The quantitative estimate of drug-likeness (QED) is 0.793. The highest BCUT2D eigenvalue weighted by molar-refractivity contribution is 5.94. The zero-order valence-electron chi connectivity index (χ0n) is 12.2. The van der Waals surface area contributed by atoms with E-state index in [2.05, 4.69) is 10.5 Å². The van der Waals surface area contributed by atoms with E-state index in [1.807, 2.05) is 0 Å². The molecule has 0 atom stereocenters. The van der Waals surface area contributed by atoms with E-state index < -0.39 is 28.9 Å². The van der Waals surface area contributed by atoms with Gasteiger partial charge in [-0.05, 0) is 36.4 Å². The maximum Gasteiger partial charge on any atom is 0.257 e. The van der Waals surface area contributed by atoms with Crippen LogP contribution >= 0.6 is 0 Å². The van der Waals surface area contributed by atoms with Gasteiger partial charge < -0.3 is 9.84 Å². The molecule has 0 aliphatic carbocycles. The summed E-state index contributed by atoms with van der Waals surface area (Å²) < 4.78 is 45.2. The first-order chi connectivity index (χ1) is 11.6. The molecule has 0 fully saturated rings. The standard InChI is InChI=1S/C17H11F3N2O2/c18-12-6-4-10(5-7-12)16-11(9-22-24-16)8-21-17(23)15-13(19)2-1-3-14(15)20/h1-7,9H,8H2,(H,21,23). The summed E-state index contributed by atoms with van der Waals surface area (Å²) in [4.78, 5) is 12.0. The maximum absolute atomic E-state index is 13.6. The summed E-state index contributed by atoms with van der Waals surface area (Å²) >= 11 is 0. The number of benzene rings is 2. The topological polar surface area (TPSA) is 55.1 Å². The third kappa shape index (κ3) is 3.15. The van der Waals surface area contributed by atoms with Gasteiger partial charge in [0, 0.05) is 17.7 Å². The molecule has 0 aliphatic heterocycles. The third-order valence-electron chi connectivity index (χ3n) is 3.38. The van der Waals surface area contributed by atoms with Crippen LogP contribution in [0.25, 0.3) is 11.3 Å². The Kier molecular flexibility index (Phi) is 4.33. The lowest BCUT2D eigenvalue weighted by atomic mass is 10.1. The van der Waals surface area contributed by atoms with E-state index >= 15 is 0 Å². The molecule has 0 unspecified atom stereocenters. The van der Waals surface area contributed by atoms with Gasteiger partial charge in [-0.1, -0.05) is 11.2 Å². The Balaban J connectivity index is 1.77. The van der Waals surface area contributed by atoms with Crippen molar-refractivity contribution in [1.29, 1.82) is 0 Å². The Hall–Kier alpha value is -3.09. The summed E-state index contributed by atoms with van der Waals surface area (Å²) in [5.41, 5.74) is 0.402. The average molecular weight is 332 g/mol. The number of hydrogen-bond donors (Lipinski definition) is 1. The van der Waals surface area contributed by atoms with Gasteiger partial charge in [-0.25, -0.2) is 13.2 Å². The molecule has 1 N–H and O–H groups in total. The van der Waals surface area contributed by atoms with E-state index in [4.69, 9.17) is 4.52 Å². The van der Waals surface area contributed by atoms with E-state index in [1.54, 1.807) is 0 Å². The average Bonchev–Trinajstić information content (AvgIpc) is 3.02. The first-order valence-corrected chi connectivity index (χ1v) is 6.98. The first kappa shape index (κ1) is 15.8. The van der Waals surface area contributed by atoms with Crippen LogP contribution in [0, 0.1) is 17.5 Å². The van der Waals surface area contributed by atoms with Crippen LogP contribution in [0.4, 0.5) is 13.2 Å². The number of carbonyl (C=O) groups excluding carboxylic acids is 1. The molecule has 0 saturated carbocycles. The van der Waals surface area contributed by atoms with Crippen LogP contribution in [0.2, 0.25) is 0 Å². The van der Waals surface area contributed by atoms with Crippen molar-refractivity contribution in [2.45, 2.75) is 6.54 Å². The van der Waals surface area contributed by atoms with Gasteiger partial charge in [-0.2, -0.15) is 0 Å². The van der Waals surface area contributed by atoms with Crippen LogP contribution in [0.3, 0.4) is 0 Å². The summed E-state index contributed by atoms with van der Waals surface area (Å²) in [5, 5.41) is 6.05. The molecule has 24 heavy (non-hydrogen) atoms. The number of nitrogens with one attached hydrogen (secondary N) is 1. The molecule has 0 saturated heterocycles. The Labute approximate surface area is 134 Å². The molecular formula is C17H11F3N2O2. The SMILES string of the molecule is O=C(NCc1cnoc1-c1ccc(F)cc1)c1c(F)cccc1F. The second-order valence-corrected chi connectivity index (χ2v) is 4.97. The number of aromatic nitrogens is 1. The smallest absolute Gasteiger partial charge is 0.257 e. The molecule has 0 radical (unpaired) electrons. The number of nitrogens with zero attached hydrogens (tertiary/aromatic N) is 1. The van der Waals surface area contributed by atoms with Crippen LogP contribution in [0.15, 0.2) is 53.2 Å². The zero-order valence-corrected chi connectivity index (χ0v) is 12.2. The summed E-state index contributed by atoms with van der Waals surface area (Å²) in [6.45, 7) is -0.0528. The highest BCUT2D eigenvalue weighted by Crippen LogP contribution is 2.24. The fourth-order valence-corrected chi connectivity index (χ4v) is 2.20. The predicted octanol–water partition coefficient (Wildman–Crippen LogP) is 3.69. The summed E-state index contributed by atoms with van der Waals surface area (Å²) in [5.74, 6) is -2.85. The lowest BCUT2D eigenvalue weighted by Gasteiger charge is -2.07. The van der Waals surface area contributed by atoms with Crippen molar-refractivity contribution in [3.63, 3.8) is 0 Å². The van der Waals surface area contributed by atoms with Gasteiger partial charge in [0.1, 0.15) is 23.0 Å². The van der Waals surface area contributed by atoms with Gasteiger partial charge in [0.15, 0.2) is 5.76 Å². The molecule has 1 heterocycles. The second kappa shape index (κ2) is 6.57. The fourth-order valence-electron chi connectivity index (χ4n) is 2.20. The van der Waals surface area contributed by atoms with Gasteiger partial charge in [-0.15, -0.1) is 0 Å². The van der Waals surface area contributed by atoms with Crippen LogP contribution < -0.4 is 5.32 Å². The van der Waals surface area contributed by atoms with Crippen LogP contribution in [-0.2, 0) is 6.54 Å². The van der Waals surface area contributed by atoms with Crippen LogP contribution in [-0.4, -0.2) is 11.1 Å². The van der Waals surface area contributed by atoms with Gasteiger partial charge in [0.25, 0.3) is 5.91 Å². The van der Waals surface area contributed by atoms with E-state index in [-0.39, 0.29) is 6.54 Å².